The van der Waals surface area contributed by atoms with Crippen LogP contribution in [0.2, 0.25) is 0 Å². The highest BCUT2D eigenvalue weighted by Gasteiger charge is 2.13. The van der Waals surface area contributed by atoms with Crippen molar-refractivity contribution < 1.29 is 9.32 Å². The van der Waals surface area contributed by atoms with Gasteiger partial charge < -0.3 is 9.84 Å². The molecule has 8 heteroatoms. The molecule has 4 rings (SSSR count). The summed E-state index contributed by atoms with van der Waals surface area (Å²) in [5.74, 6) is 1.70. The first-order valence-electron chi connectivity index (χ1n) is 8.47. The average molecular weight is 455 g/mol. The molecular formula is C20H15BrN4O2S. The highest BCUT2D eigenvalue weighted by Crippen LogP contribution is 2.29. The number of thioether (sulfide) groups is 1. The summed E-state index contributed by atoms with van der Waals surface area (Å²) in [6.07, 6.45) is 0. The van der Waals surface area contributed by atoms with E-state index < -0.39 is 0 Å². The van der Waals surface area contributed by atoms with Crippen molar-refractivity contribution in [2.75, 3.05) is 11.1 Å². The quantitative estimate of drug-likeness (QED) is 0.334. The summed E-state index contributed by atoms with van der Waals surface area (Å²) < 4.78 is 5.96. The molecule has 0 bridgehead atoms. The molecule has 0 radical (unpaired) electrons. The molecule has 0 aliphatic carbocycles. The van der Waals surface area contributed by atoms with E-state index in [4.69, 9.17) is 9.51 Å². The van der Waals surface area contributed by atoms with Crippen LogP contribution in [0.4, 0.5) is 5.82 Å². The van der Waals surface area contributed by atoms with Gasteiger partial charge in [-0.3, -0.25) is 4.79 Å². The van der Waals surface area contributed by atoms with Gasteiger partial charge in [0.05, 0.1) is 11.3 Å². The van der Waals surface area contributed by atoms with Crippen molar-refractivity contribution in [1.82, 2.24) is 15.1 Å². The van der Waals surface area contributed by atoms with Crippen LogP contribution < -0.4 is 5.32 Å². The number of carbonyl (C=O) groups is 1. The SMILES string of the molecule is Cc1cc(NC(=O)CSc2nc(-c3ccc(Br)cc3)nc3ccccc23)no1. The summed E-state index contributed by atoms with van der Waals surface area (Å²) in [4.78, 5) is 21.6. The molecule has 0 aliphatic heterocycles. The normalized spacial score (nSPS) is 10.9. The van der Waals surface area contributed by atoms with Gasteiger partial charge >= 0.3 is 0 Å². The lowest BCUT2D eigenvalue weighted by molar-refractivity contribution is -0.113. The second-order valence-electron chi connectivity index (χ2n) is 6.04. The van der Waals surface area contributed by atoms with Gasteiger partial charge in [0.15, 0.2) is 11.6 Å². The maximum atomic E-state index is 12.3. The van der Waals surface area contributed by atoms with E-state index in [0.717, 1.165) is 26.0 Å². The molecular weight excluding hydrogens is 440 g/mol. The number of fused-ring (bicyclic) bond motifs is 1. The summed E-state index contributed by atoms with van der Waals surface area (Å²) >= 11 is 4.81. The first-order valence-corrected chi connectivity index (χ1v) is 10.2. The molecule has 0 atom stereocenters. The summed E-state index contributed by atoms with van der Waals surface area (Å²) in [5.41, 5.74) is 1.75. The van der Waals surface area contributed by atoms with Gasteiger partial charge in [0.2, 0.25) is 5.91 Å². The summed E-state index contributed by atoms with van der Waals surface area (Å²) in [6.45, 7) is 1.77. The number of benzene rings is 2. The number of aromatic nitrogens is 3. The topological polar surface area (TPSA) is 80.9 Å². The first kappa shape index (κ1) is 18.6. The number of nitrogens with one attached hydrogen (secondary N) is 1. The fourth-order valence-corrected chi connectivity index (χ4v) is 3.71. The Morgan fingerprint density at radius 3 is 2.68 bits per heavy atom. The van der Waals surface area contributed by atoms with Gasteiger partial charge in [-0.15, -0.1) is 0 Å². The van der Waals surface area contributed by atoms with E-state index in [0.29, 0.717) is 17.4 Å². The fraction of sp³-hybridized carbons (Fsp3) is 0.100. The summed E-state index contributed by atoms with van der Waals surface area (Å²) in [7, 11) is 0. The van der Waals surface area contributed by atoms with Crippen molar-refractivity contribution in [2.45, 2.75) is 11.9 Å². The molecule has 2 aromatic carbocycles. The number of para-hydroxylation sites is 1. The lowest BCUT2D eigenvalue weighted by atomic mass is 10.2. The number of hydrogen-bond acceptors (Lipinski definition) is 6. The molecule has 0 aliphatic rings. The van der Waals surface area contributed by atoms with Crippen LogP contribution in [0.25, 0.3) is 22.3 Å². The van der Waals surface area contributed by atoms with E-state index >= 15 is 0 Å². The number of anilines is 1. The van der Waals surface area contributed by atoms with Crippen LogP contribution in [-0.4, -0.2) is 26.8 Å². The standard InChI is InChI=1S/C20H15BrN4O2S/c1-12-10-17(25-27-12)23-18(26)11-28-20-15-4-2-3-5-16(15)22-19(24-20)13-6-8-14(21)9-7-13/h2-10H,11H2,1H3,(H,23,25,26). The Hall–Kier alpha value is -2.71. The second kappa shape index (κ2) is 8.12. The molecule has 0 fully saturated rings. The third-order valence-corrected chi connectivity index (χ3v) is 5.43. The Morgan fingerprint density at radius 1 is 1.14 bits per heavy atom. The Morgan fingerprint density at radius 2 is 1.93 bits per heavy atom. The van der Waals surface area contributed by atoms with Crippen molar-refractivity contribution in [1.29, 1.82) is 0 Å². The number of rotatable bonds is 5. The van der Waals surface area contributed by atoms with Crippen LogP contribution in [0, 0.1) is 6.92 Å². The van der Waals surface area contributed by atoms with Gasteiger partial charge in [-0.1, -0.05) is 63.2 Å². The van der Waals surface area contributed by atoms with Gasteiger partial charge in [-0.25, -0.2) is 9.97 Å². The molecule has 28 heavy (non-hydrogen) atoms. The zero-order valence-electron chi connectivity index (χ0n) is 14.8. The Bertz CT molecular complexity index is 1140. The second-order valence-corrected chi connectivity index (χ2v) is 7.92. The fourth-order valence-electron chi connectivity index (χ4n) is 2.62. The van der Waals surface area contributed by atoms with Crippen LogP contribution in [0.5, 0.6) is 0 Å². The largest absolute Gasteiger partial charge is 0.360 e. The predicted molar refractivity (Wildman–Crippen MR) is 113 cm³/mol. The number of aryl methyl sites for hydroxylation is 1. The molecule has 2 aromatic heterocycles. The van der Waals surface area contributed by atoms with E-state index in [9.17, 15) is 4.79 Å². The third-order valence-electron chi connectivity index (χ3n) is 3.91. The van der Waals surface area contributed by atoms with Gasteiger partial charge in [0.25, 0.3) is 0 Å². The van der Waals surface area contributed by atoms with E-state index in [1.54, 1.807) is 13.0 Å². The Kier molecular flexibility index (Phi) is 5.40. The zero-order valence-corrected chi connectivity index (χ0v) is 17.3. The maximum absolute atomic E-state index is 12.3. The minimum atomic E-state index is -0.175. The van der Waals surface area contributed by atoms with E-state index in [1.165, 1.54) is 11.8 Å². The van der Waals surface area contributed by atoms with E-state index in [1.807, 2.05) is 48.5 Å². The smallest absolute Gasteiger partial charge is 0.236 e. The maximum Gasteiger partial charge on any atom is 0.236 e. The van der Waals surface area contributed by atoms with Crippen LogP contribution in [0.15, 0.2) is 68.6 Å². The lowest BCUT2D eigenvalue weighted by Crippen LogP contribution is -2.14. The molecule has 4 aromatic rings. The van der Waals surface area contributed by atoms with Gasteiger partial charge in [-0.2, -0.15) is 0 Å². The summed E-state index contributed by atoms with van der Waals surface area (Å²) in [5, 5.41) is 8.17. The van der Waals surface area contributed by atoms with E-state index in [-0.39, 0.29) is 11.7 Å². The number of amides is 1. The number of hydrogen-bond donors (Lipinski definition) is 1. The number of nitrogens with zero attached hydrogens (tertiary/aromatic N) is 3. The van der Waals surface area contributed by atoms with Crippen LogP contribution in [0.1, 0.15) is 5.76 Å². The molecule has 0 saturated heterocycles. The van der Waals surface area contributed by atoms with Crippen molar-refractivity contribution in [3.8, 4) is 11.4 Å². The van der Waals surface area contributed by atoms with Gasteiger partial charge in [0, 0.05) is 21.5 Å². The highest BCUT2D eigenvalue weighted by atomic mass is 79.9. The minimum absolute atomic E-state index is 0.175. The number of halogens is 1. The van der Waals surface area contributed by atoms with E-state index in [2.05, 4.69) is 31.4 Å². The van der Waals surface area contributed by atoms with Crippen LogP contribution in [0.3, 0.4) is 0 Å². The molecule has 0 spiro atoms. The summed E-state index contributed by atoms with van der Waals surface area (Å²) in [6, 6.07) is 17.3. The Labute approximate surface area is 173 Å². The molecule has 6 nitrogen and oxygen atoms in total. The number of carbonyl (C=O) groups excluding carboxylic acids is 1. The van der Waals surface area contributed by atoms with Crippen molar-refractivity contribution in [2.24, 2.45) is 0 Å². The van der Waals surface area contributed by atoms with Crippen molar-refractivity contribution in [3.63, 3.8) is 0 Å². The van der Waals surface area contributed by atoms with Crippen molar-refractivity contribution >= 4 is 50.3 Å². The van der Waals surface area contributed by atoms with Gasteiger partial charge in [-0.05, 0) is 25.1 Å². The monoisotopic (exact) mass is 454 g/mol. The average Bonchev–Trinajstić information content (AvgIpc) is 3.11. The lowest BCUT2D eigenvalue weighted by Gasteiger charge is -2.08. The third kappa shape index (κ3) is 4.23. The van der Waals surface area contributed by atoms with Crippen molar-refractivity contribution in [3.05, 3.63) is 64.8 Å². The molecule has 1 amide bonds. The van der Waals surface area contributed by atoms with Gasteiger partial charge in [0.1, 0.15) is 10.8 Å². The first-order chi connectivity index (χ1) is 13.6. The highest BCUT2D eigenvalue weighted by molar-refractivity contribution is 9.10. The molecule has 140 valence electrons. The minimum Gasteiger partial charge on any atom is -0.360 e. The van der Waals surface area contributed by atoms with Crippen LogP contribution in [-0.2, 0) is 4.79 Å². The predicted octanol–water partition coefficient (Wildman–Crippen LogP) is 5.09. The zero-order chi connectivity index (χ0) is 19.5. The molecule has 0 saturated carbocycles. The molecule has 2 heterocycles. The van der Waals surface area contributed by atoms with Crippen LogP contribution >= 0.6 is 27.7 Å². The Balaban J connectivity index is 1.60. The molecule has 1 N–H and O–H groups in total. The molecule has 0 unspecified atom stereocenters.